The Morgan fingerprint density at radius 1 is 0.931 bits per heavy atom. The number of ether oxygens (including phenoxy) is 1. The second-order valence-electron chi connectivity index (χ2n) is 6.18. The van der Waals surface area contributed by atoms with E-state index in [-0.39, 0.29) is 24.0 Å². The molecule has 3 rings (SSSR count). The van der Waals surface area contributed by atoms with E-state index in [2.05, 4.69) is 20.6 Å². The van der Waals surface area contributed by atoms with E-state index < -0.39 is 0 Å². The minimum absolute atomic E-state index is 0. The molecule has 0 fully saturated rings. The van der Waals surface area contributed by atoms with Crippen molar-refractivity contribution in [3.63, 3.8) is 0 Å². The normalized spacial score (nSPS) is 10.7. The Hall–Kier alpha value is -2.81. The summed E-state index contributed by atoms with van der Waals surface area (Å²) < 4.78 is 5.83. The van der Waals surface area contributed by atoms with Gasteiger partial charge in [0.15, 0.2) is 5.96 Å². The Bertz CT molecular complexity index is 875. The number of aliphatic imine (C=N–C) groups is 1. The summed E-state index contributed by atoms with van der Waals surface area (Å²) in [6, 6.07) is 23.1. The summed E-state index contributed by atoms with van der Waals surface area (Å²) in [7, 11) is 0. The number of nitrogens with zero attached hydrogens (tertiary/aromatic N) is 2. The second kappa shape index (κ2) is 12.6. The molecule has 0 radical (unpaired) electrons. The van der Waals surface area contributed by atoms with Gasteiger partial charge in [-0.15, -0.1) is 24.0 Å². The molecule has 0 saturated carbocycles. The molecule has 2 aromatic carbocycles. The van der Waals surface area contributed by atoms with E-state index in [1.807, 2.05) is 72.8 Å². The lowest BCUT2D eigenvalue weighted by molar-refractivity contribution is 0.483. The second-order valence-corrected chi connectivity index (χ2v) is 6.18. The first-order valence-corrected chi connectivity index (χ1v) is 9.34. The number of para-hydroxylation sites is 1. The molecule has 0 atom stereocenters. The maximum atomic E-state index is 5.99. The molecule has 0 bridgehead atoms. The van der Waals surface area contributed by atoms with Gasteiger partial charge in [-0.3, -0.25) is 4.99 Å². The lowest BCUT2D eigenvalue weighted by Crippen LogP contribution is -2.22. The minimum atomic E-state index is 0. The van der Waals surface area contributed by atoms with Crippen molar-refractivity contribution < 1.29 is 4.74 Å². The number of anilines is 2. The number of nitrogens with two attached hydrogens (primary N) is 1. The number of halogens is 1. The van der Waals surface area contributed by atoms with Crippen molar-refractivity contribution in [1.29, 1.82) is 0 Å². The van der Waals surface area contributed by atoms with E-state index in [0.717, 1.165) is 42.4 Å². The summed E-state index contributed by atoms with van der Waals surface area (Å²) in [6.07, 6.45) is 3.71. The van der Waals surface area contributed by atoms with Gasteiger partial charge < -0.3 is 21.1 Å². The third kappa shape index (κ3) is 8.39. The summed E-state index contributed by atoms with van der Waals surface area (Å²) >= 11 is 0. The van der Waals surface area contributed by atoms with Gasteiger partial charge in [0.25, 0.3) is 0 Å². The molecule has 1 aromatic heterocycles. The smallest absolute Gasteiger partial charge is 0.193 e. The zero-order valence-electron chi connectivity index (χ0n) is 16.1. The van der Waals surface area contributed by atoms with E-state index in [9.17, 15) is 0 Å². The van der Waals surface area contributed by atoms with E-state index in [4.69, 9.17) is 10.5 Å². The third-order valence-corrected chi connectivity index (χ3v) is 3.92. The quantitative estimate of drug-likeness (QED) is 0.164. The Morgan fingerprint density at radius 2 is 1.72 bits per heavy atom. The van der Waals surface area contributed by atoms with Crippen molar-refractivity contribution in [2.45, 2.75) is 12.8 Å². The van der Waals surface area contributed by atoms with E-state index in [1.165, 1.54) is 0 Å². The number of nitrogens with one attached hydrogen (secondary N) is 2. The van der Waals surface area contributed by atoms with Gasteiger partial charge in [-0.05, 0) is 49.2 Å². The summed E-state index contributed by atoms with van der Waals surface area (Å²) in [5, 5.41) is 6.39. The lowest BCUT2D eigenvalue weighted by Gasteiger charge is -2.09. The SMILES string of the molecule is I.NC(=NCCCCNc1ccccn1)Nc1cccc(Oc2ccccc2)c1. The van der Waals surface area contributed by atoms with Gasteiger partial charge >= 0.3 is 0 Å². The van der Waals surface area contributed by atoms with Crippen molar-refractivity contribution in [3.05, 3.63) is 79.0 Å². The summed E-state index contributed by atoms with van der Waals surface area (Å²) in [4.78, 5) is 8.60. The molecule has 152 valence electrons. The predicted molar refractivity (Wildman–Crippen MR) is 130 cm³/mol. The zero-order chi connectivity index (χ0) is 19.4. The Morgan fingerprint density at radius 3 is 2.52 bits per heavy atom. The highest BCUT2D eigenvalue weighted by Gasteiger charge is 2.00. The molecule has 0 saturated heterocycles. The van der Waals surface area contributed by atoms with Crippen LogP contribution in [0.2, 0.25) is 0 Å². The van der Waals surface area contributed by atoms with Gasteiger partial charge in [-0.1, -0.05) is 30.3 Å². The summed E-state index contributed by atoms with van der Waals surface area (Å²) in [6.45, 7) is 1.53. The van der Waals surface area contributed by atoms with Crippen LogP contribution < -0.4 is 21.1 Å². The maximum Gasteiger partial charge on any atom is 0.193 e. The van der Waals surface area contributed by atoms with Crippen LogP contribution >= 0.6 is 24.0 Å². The standard InChI is InChI=1S/C22H25N5O.HI/c23-22(26-16-7-6-15-25-21-13-4-5-14-24-21)27-18-9-8-12-20(17-18)28-19-10-2-1-3-11-19;/h1-5,8-14,17H,6-7,15-16H2,(H,24,25)(H3,23,26,27);1H. The van der Waals surface area contributed by atoms with Crippen molar-refractivity contribution in [3.8, 4) is 11.5 Å². The monoisotopic (exact) mass is 503 g/mol. The Kier molecular flexibility index (Phi) is 9.77. The summed E-state index contributed by atoms with van der Waals surface area (Å²) in [5.41, 5.74) is 6.83. The fraction of sp³-hybridized carbons (Fsp3) is 0.182. The molecule has 0 unspecified atom stereocenters. The van der Waals surface area contributed by atoms with Crippen LogP contribution in [-0.4, -0.2) is 24.0 Å². The molecular weight excluding hydrogens is 477 g/mol. The summed E-state index contributed by atoms with van der Waals surface area (Å²) in [5.74, 6) is 2.82. The molecule has 6 nitrogen and oxygen atoms in total. The molecular formula is C22H26IN5O. The van der Waals surface area contributed by atoms with Crippen LogP contribution in [0.25, 0.3) is 0 Å². The van der Waals surface area contributed by atoms with Gasteiger partial charge in [-0.25, -0.2) is 4.98 Å². The Labute approximate surface area is 188 Å². The van der Waals surface area contributed by atoms with Gasteiger partial charge in [0, 0.05) is 31.0 Å². The molecule has 0 spiro atoms. The highest BCUT2D eigenvalue weighted by Crippen LogP contribution is 2.23. The lowest BCUT2D eigenvalue weighted by atomic mass is 10.3. The van der Waals surface area contributed by atoms with Crippen LogP contribution in [0.4, 0.5) is 11.5 Å². The number of rotatable bonds is 9. The molecule has 0 amide bonds. The Balaban J connectivity index is 0.00000300. The van der Waals surface area contributed by atoms with Gasteiger partial charge in [0.2, 0.25) is 0 Å². The van der Waals surface area contributed by atoms with Gasteiger partial charge in [0.05, 0.1) is 0 Å². The fourth-order valence-corrected chi connectivity index (χ4v) is 2.57. The molecule has 3 aromatic rings. The third-order valence-electron chi connectivity index (χ3n) is 3.92. The minimum Gasteiger partial charge on any atom is -0.457 e. The first-order chi connectivity index (χ1) is 13.8. The van der Waals surface area contributed by atoms with Gasteiger partial charge in [-0.2, -0.15) is 0 Å². The average Bonchev–Trinajstić information content (AvgIpc) is 2.72. The predicted octanol–water partition coefficient (Wildman–Crippen LogP) is 5.11. The van der Waals surface area contributed by atoms with Crippen LogP contribution in [0.5, 0.6) is 11.5 Å². The number of guanidine groups is 1. The maximum absolute atomic E-state index is 5.99. The van der Waals surface area contributed by atoms with Crippen LogP contribution in [0.1, 0.15) is 12.8 Å². The van der Waals surface area contributed by atoms with E-state index in [0.29, 0.717) is 12.5 Å². The molecule has 0 aliphatic heterocycles. The fourth-order valence-electron chi connectivity index (χ4n) is 2.57. The van der Waals surface area contributed by atoms with Crippen molar-refractivity contribution in [2.24, 2.45) is 10.7 Å². The van der Waals surface area contributed by atoms with Crippen LogP contribution in [-0.2, 0) is 0 Å². The van der Waals surface area contributed by atoms with Crippen molar-refractivity contribution >= 4 is 41.4 Å². The molecule has 29 heavy (non-hydrogen) atoms. The number of pyridine rings is 1. The van der Waals surface area contributed by atoms with Crippen molar-refractivity contribution in [1.82, 2.24) is 4.98 Å². The number of unbranched alkanes of at least 4 members (excludes halogenated alkanes) is 1. The molecule has 7 heteroatoms. The molecule has 1 heterocycles. The molecule has 0 aliphatic rings. The number of hydrogen-bond acceptors (Lipinski definition) is 4. The van der Waals surface area contributed by atoms with E-state index in [1.54, 1.807) is 6.20 Å². The highest BCUT2D eigenvalue weighted by molar-refractivity contribution is 14.0. The van der Waals surface area contributed by atoms with Crippen molar-refractivity contribution in [2.75, 3.05) is 23.7 Å². The molecule has 4 N–H and O–H groups in total. The molecule has 0 aliphatic carbocycles. The van der Waals surface area contributed by atoms with E-state index >= 15 is 0 Å². The number of hydrogen-bond donors (Lipinski definition) is 3. The first-order valence-electron chi connectivity index (χ1n) is 9.34. The van der Waals surface area contributed by atoms with Crippen LogP contribution in [0.15, 0.2) is 84.0 Å². The topological polar surface area (TPSA) is 84.6 Å². The number of aromatic nitrogens is 1. The number of benzene rings is 2. The van der Waals surface area contributed by atoms with Gasteiger partial charge in [0.1, 0.15) is 17.3 Å². The zero-order valence-corrected chi connectivity index (χ0v) is 18.5. The first kappa shape index (κ1) is 22.5. The van der Waals surface area contributed by atoms with Crippen LogP contribution in [0, 0.1) is 0 Å². The largest absolute Gasteiger partial charge is 0.457 e. The van der Waals surface area contributed by atoms with Crippen LogP contribution in [0.3, 0.4) is 0 Å². The highest BCUT2D eigenvalue weighted by atomic mass is 127. The average molecular weight is 503 g/mol.